The van der Waals surface area contributed by atoms with Crippen molar-refractivity contribution < 1.29 is 81.3 Å². The number of hydrogen-bond donors (Lipinski definition) is 14. The topological polar surface area (TPSA) is 413 Å². The highest BCUT2D eigenvalue weighted by Gasteiger charge is 2.62. The Kier molecular flexibility index (Phi) is 29.6. The van der Waals surface area contributed by atoms with Crippen molar-refractivity contribution in [2.24, 2.45) is 35.3 Å². The van der Waals surface area contributed by atoms with Gasteiger partial charge in [-0.15, -0.1) is 0 Å². The first-order valence-corrected chi connectivity index (χ1v) is 29.7. The number of ether oxygens (including phenoxy) is 1. The molecule has 1 saturated heterocycles. The van der Waals surface area contributed by atoms with Crippen molar-refractivity contribution in [1.82, 2.24) is 58.5 Å². The van der Waals surface area contributed by atoms with Crippen molar-refractivity contribution in [3.05, 3.63) is 35.9 Å². The van der Waals surface area contributed by atoms with E-state index in [0.717, 1.165) is 5.56 Å². The van der Waals surface area contributed by atoms with E-state index >= 15 is 0 Å². The molecule has 0 radical (unpaired) electrons. The predicted octanol–water partition coefficient (Wildman–Crippen LogP) is -1.89. The summed E-state index contributed by atoms with van der Waals surface area (Å²) in [5.74, 6) is -15.0. The molecular weight excluding hydrogens is 1140 g/mol. The normalized spacial score (nSPS) is 23.5. The lowest BCUT2D eigenvalue weighted by Crippen LogP contribution is -2.63. The number of hydrogen-bond acceptors (Lipinski definition) is 16. The summed E-state index contributed by atoms with van der Waals surface area (Å²) < 4.78 is 32.7. The lowest BCUT2D eigenvalue weighted by Gasteiger charge is -2.31. The number of carbonyl (C=O) groups excluding carboxylic acids is 12. The van der Waals surface area contributed by atoms with Gasteiger partial charge in [0.05, 0.1) is 19.3 Å². The van der Waals surface area contributed by atoms with Gasteiger partial charge in [-0.2, -0.15) is 0 Å². The molecule has 1 aliphatic heterocycles. The Bertz CT molecular complexity index is 2570. The number of nitrogens with one attached hydrogen (secondary N) is 11. The van der Waals surface area contributed by atoms with Crippen molar-refractivity contribution in [3.63, 3.8) is 0 Å². The summed E-state index contributed by atoms with van der Waals surface area (Å²) in [5.41, 5.74) is 4.46. The third-order valence-corrected chi connectivity index (χ3v) is 16.4. The Labute approximate surface area is 506 Å². The third-order valence-electron chi connectivity index (χ3n) is 16.4. The standard InChI is InChI=1S/C58H92F2N12O15/c1-12-28(5)42(68-49(78)37(62-11)23-34-19-17-16-18-20-34)52(81)65-38(26-73)50(79)64-36(21-22-41(61)75)48(77)67-44(30(7)14-3)54(83)69-43(29(6)13-2)53(82)66-39(27-74)51(80)70-46-33(10)87-56(85)45(31(8)15-4)71-57(86)58(25-35(58)24-40(59)60)72-47(76)32(9)63-55(46)84/h16-20,28-33,35-40,42-46,62,73-74H,12-15,21-27H2,1-11H3,(H2,61,75)(H,63,84)(H,64,79)(H,65,81)(H,66,82)(H,67,77)(H,68,78)(H,69,83)(H,70,80)(H,71,86)(H,72,76)/t28-,29-,30-,31-,32-,33-,35-,36+,37+,38-,39-,42-,43-,44+,45-,46+,58-/m0/s1. The maximum atomic E-state index is 14.4. The molecule has 0 unspecified atom stereocenters. The minimum atomic E-state index is -2.83. The van der Waals surface area contributed by atoms with Crippen LogP contribution in [0.4, 0.5) is 8.78 Å². The summed E-state index contributed by atoms with van der Waals surface area (Å²) in [7, 11) is 1.59. The highest BCUT2D eigenvalue weighted by molar-refractivity contribution is 6.01. The second-order valence-corrected chi connectivity index (χ2v) is 22.9. The first-order chi connectivity index (χ1) is 41.0. The molecule has 2 fully saturated rings. The van der Waals surface area contributed by atoms with Crippen LogP contribution >= 0.6 is 0 Å². The average molecular weight is 1240 g/mol. The first kappa shape index (κ1) is 73.9. The number of nitrogens with two attached hydrogens (primary N) is 1. The fourth-order valence-electron chi connectivity index (χ4n) is 9.70. The molecule has 0 aromatic heterocycles. The van der Waals surface area contributed by atoms with Crippen LogP contribution in [0.2, 0.25) is 0 Å². The van der Waals surface area contributed by atoms with E-state index in [1.807, 2.05) is 30.3 Å². The molecular formula is C58H92F2N12O15. The number of halogens is 2. The number of aliphatic hydroxyl groups is 2. The first-order valence-electron chi connectivity index (χ1n) is 29.7. The number of aliphatic hydroxyl groups excluding tert-OH is 2. The maximum Gasteiger partial charge on any atom is 0.329 e. The van der Waals surface area contributed by atoms with Gasteiger partial charge in [0.2, 0.25) is 71.4 Å². The van der Waals surface area contributed by atoms with E-state index in [2.05, 4.69) is 58.5 Å². The smallest absolute Gasteiger partial charge is 0.329 e. The zero-order valence-corrected chi connectivity index (χ0v) is 51.5. The van der Waals surface area contributed by atoms with E-state index in [9.17, 15) is 76.5 Å². The van der Waals surface area contributed by atoms with E-state index in [-0.39, 0.29) is 25.7 Å². The molecule has 87 heavy (non-hydrogen) atoms. The molecule has 488 valence electrons. The predicted molar refractivity (Wildman–Crippen MR) is 312 cm³/mol. The molecule has 3 rings (SSSR count). The minimum absolute atomic E-state index is 0.184. The van der Waals surface area contributed by atoms with Crippen LogP contribution in [0.15, 0.2) is 30.3 Å². The van der Waals surface area contributed by atoms with Crippen molar-refractivity contribution in [2.75, 3.05) is 20.3 Å². The largest absolute Gasteiger partial charge is 0.458 e. The van der Waals surface area contributed by atoms with Gasteiger partial charge in [0, 0.05) is 12.8 Å². The molecule has 1 saturated carbocycles. The van der Waals surface area contributed by atoms with Crippen molar-refractivity contribution >= 4 is 70.9 Å². The Morgan fingerprint density at radius 1 is 0.655 bits per heavy atom. The lowest BCUT2D eigenvalue weighted by atomic mass is 9.94. The van der Waals surface area contributed by atoms with Crippen molar-refractivity contribution in [3.8, 4) is 0 Å². The number of esters is 1. The van der Waals surface area contributed by atoms with Gasteiger partial charge in [-0.25, -0.2) is 13.6 Å². The molecule has 27 nitrogen and oxygen atoms in total. The molecule has 15 N–H and O–H groups in total. The number of benzene rings is 1. The molecule has 1 aliphatic carbocycles. The van der Waals surface area contributed by atoms with Gasteiger partial charge in [0.1, 0.15) is 66.0 Å². The number of amides is 11. The molecule has 1 heterocycles. The molecule has 29 heteroatoms. The number of carbonyl (C=O) groups is 12. The average Bonchev–Trinajstić information content (AvgIpc) is 1.65. The van der Waals surface area contributed by atoms with Crippen LogP contribution in [0.3, 0.4) is 0 Å². The summed E-state index contributed by atoms with van der Waals surface area (Å²) in [5, 5.41) is 48.8. The zero-order chi connectivity index (χ0) is 65.6. The highest BCUT2D eigenvalue weighted by atomic mass is 19.3. The Morgan fingerprint density at radius 3 is 1.60 bits per heavy atom. The molecule has 1 aromatic rings. The maximum absolute atomic E-state index is 14.4. The Morgan fingerprint density at radius 2 is 1.13 bits per heavy atom. The SMILES string of the molecule is CC[C@H](C)[C@H](NC(=O)[C@@H](Cc1ccccc1)NC)C(=O)N[C@@H](CO)C(=O)N[C@H](CCC(N)=O)C(=O)N[C@@H](C(=O)N[C@H](C(=O)N[C@@H](CO)C(=O)N[C@H]1C(=O)N[C@@H](C)C(=O)N[C@]2(C[C@@H]2CC(F)F)C(=O)N[C@@H]([C@@H](C)CC)C(=O)O[C@H]1C)[C@@H](C)CC)[C@@H](C)CC. The molecule has 2 aliphatic rings. The fraction of sp³-hybridized carbons (Fsp3) is 0.690. The zero-order valence-electron chi connectivity index (χ0n) is 51.5. The van der Waals surface area contributed by atoms with E-state index in [1.54, 1.807) is 62.4 Å². The molecule has 17 atom stereocenters. The van der Waals surface area contributed by atoms with Gasteiger partial charge in [-0.3, -0.25) is 52.7 Å². The number of primary amides is 1. The quantitative estimate of drug-likeness (QED) is 0.0351. The fourth-order valence-corrected chi connectivity index (χ4v) is 9.70. The number of rotatable bonds is 32. The summed E-state index contributed by atoms with van der Waals surface area (Å²) in [6.07, 6.45) is -4.72. The monoisotopic (exact) mass is 1230 g/mol. The molecule has 0 bridgehead atoms. The summed E-state index contributed by atoms with van der Waals surface area (Å²) in [6.45, 7) is 13.7. The van der Waals surface area contributed by atoms with Gasteiger partial charge in [0.15, 0.2) is 0 Å². The summed E-state index contributed by atoms with van der Waals surface area (Å²) in [4.78, 5) is 165. The second kappa shape index (κ2) is 34.8. The van der Waals surface area contributed by atoms with Gasteiger partial charge in [-0.05, 0) is 75.3 Å². The van der Waals surface area contributed by atoms with Crippen molar-refractivity contribution in [2.45, 2.75) is 206 Å². The summed E-state index contributed by atoms with van der Waals surface area (Å²) in [6, 6.07) is -5.60. The third kappa shape index (κ3) is 21.2. The van der Waals surface area contributed by atoms with Crippen LogP contribution in [0.5, 0.6) is 0 Å². The number of likely N-dealkylation sites (N-methyl/N-ethyl adjacent to an activating group) is 1. The molecule has 1 spiro atoms. The Hall–Kier alpha value is -7.40. The van der Waals surface area contributed by atoms with Gasteiger partial charge in [-0.1, -0.05) is 111 Å². The van der Waals surface area contributed by atoms with Gasteiger partial charge < -0.3 is 79.2 Å². The minimum Gasteiger partial charge on any atom is -0.458 e. The van der Waals surface area contributed by atoms with Crippen LogP contribution in [0, 0.1) is 29.6 Å². The van der Waals surface area contributed by atoms with E-state index in [0.29, 0.717) is 12.8 Å². The van der Waals surface area contributed by atoms with Crippen LogP contribution in [-0.4, -0.2) is 180 Å². The van der Waals surface area contributed by atoms with Crippen LogP contribution < -0.4 is 64.2 Å². The van der Waals surface area contributed by atoms with Crippen molar-refractivity contribution in [1.29, 1.82) is 0 Å². The molecule has 11 amide bonds. The van der Waals surface area contributed by atoms with Crippen LogP contribution in [0.25, 0.3) is 0 Å². The second-order valence-electron chi connectivity index (χ2n) is 22.9. The van der Waals surface area contributed by atoms with E-state index in [1.165, 1.54) is 13.8 Å². The van der Waals surface area contributed by atoms with Gasteiger partial charge >= 0.3 is 5.97 Å². The lowest BCUT2D eigenvalue weighted by molar-refractivity contribution is -0.157. The van der Waals surface area contributed by atoms with E-state index < -0.39 is 212 Å². The Balaban J connectivity index is 1.85. The number of cyclic esters (lactones) is 1. The van der Waals surface area contributed by atoms with Crippen LogP contribution in [-0.2, 0) is 68.7 Å². The molecule has 1 aromatic carbocycles. The summed E-state index contributed by atoms with van der Waals surface area (Å²) >= 11 is 0. The van der Waals surface area contributed by atoms with Gasteiger partial charge in [0.25, 0.3) is 0 Å². The highest BCUT2D eigenvalue weighted by Crippen LogP contribution is 2.47. The van der Waals surface area contributed by atoms with E-state index in [4.69, 9.17) is 10.5 Å². The van der Waals surface area contributed by atoms with Crippen LogP contribution in [0.1, 0.15) is 126 Å². The number of alkyl halides is 2.